The molecular formula is C11H25N3O2S2. The molecule has 1 fully saturated rings. The summed E-state index contributed by atoms with van der Waals surface area (Å²) in [6.45, 7) is 0.985. The van der Waals surface area contributed by atoms with Gasteiger partial charge in [-0.15, -0.1) is 0 Å². The average molecular weight is 295 g/mol. The average Bonchev–Trinajstić information content (AvgIpc) is 2.36. The molecule has 0 bridgehead atoms. The lowest BCUT2D eigenvalue weighted by Crippen LogP contribution is -2.49. The fourth-order valence-corrected chi connectivity index (χ4v) is 4.46. The summed E-state index contributed by atoms with van der Waals surface area (Å²) in [6.07, 6.45) is 7.09. The molecule has 108 valence electrons. The van der Waals surface area contributed by atoms with Gasteiger partial charge in [-0.05, 0) is 32.1 Å². The fraction of sp³-hybridized carbons (Fsp3) is 1.00. The largest absolute Gasteiger partial charge is 0.330 e. The molecule has 18 heavy (non-hydrogen) atoms. The van der Waals surface area contributed by atoms with Crippen LogP contribution in [0.3, 0.4) is 0 Å². The van der Waals surface area contributed by atoms with Crippen LogP contribution in [0.5, 0.6) is 0 Å². The highest BCUT2D eigenvalue weighted by atomic mass is 32.2. The Labute approximate surface area is 115 Å². The van der Waals surface area contributed by atoms with Gasteiger partial charge >= 0.3 is 0 Å². The number of nitrogens with one attached hydrogen (secondary N) is 1. The van der Waals surface area contributed by atoms with Crippen molar-refractivity contribution in [3.63, 3.8) is 0 Å². The van der Waals surface area contributed by atoms with E-state index in [9.17, 15) is 8.42 Å². The summed E-state index contributed by atoms with van der Waals surface area (Å²) in [7, 11) is -1.75. The number of nitrogens with two attached hydrogens (primary N) is 1. The van der Waals surface area contributed by atoms with Crippen LogP contribution in [0.1, 0.15) is 32.1 Å². The van der Waals surface area contributed by atoms with Crippen LogP contribution in [0.2, 0.25) is 0 Å². The Kier molecular flexibility index (Phi) is 6.94. The predicted octanol–water partition coefficient (Wildman–Crippen LogP) is 0.776. The molecule has 1 saturated carbocycles. The minimum atomic E-state index is -3.36. The van der Waals surface area contributed by atoms with E-state index in [-0.39, 0.29) is 6.04 Å². The summed E-state index contributed by atoms with van der Waals surface area (Å²) < 4.78 is 28.5. The van der Waals surface area contributed by atoms with Crippen LogP contribution in [0.25, 0.3) is 0 Å². The van der Waals surface area contributed by atoms with Crippen molar-refractivity contribution in [2.24, 2.45) is 5.73 Å². The first-order chi connectivity index (χ1) is 8.51. The molecule has 5 nitrogen and oxygen atoms in total. The molecule has 0 saturated heterocycles. The molecule has 0 aromatic carbocycles. The van der Waals surface area contributed by atoms with Gasteiger partial charge in [0, 0.05) is 24.9 Å². The van der Waals surface area contributed by atoms with Gasteiger partial charge in [0.25, 0.3) is 10.2 Å². The lowest BCUT2D eigenvalue weighted by molar-refractivity contribution is 0.397. The van der Waals surface area contributed by atoms with Crippen molar-refractivity contribution in [3.05, 3.63) is 0 Å². The second-order valence-corrected chi connectivity index (χ2v) is 7.64. The predicted molar refractivity (Wildman–Crippen MR) is 77.9 cm³/mol. The lowest BCUT2D eigenvalue weighted by Gasteiger charge is -2.32. The Hall–Kier alpha value is 0.180. The maximum absolute atomic E-state index is 12.1. The molecule has 3 N–H and O–H groups in total. The summed E-state index contributed by atoms with van der Waals surface area (Å²) >= 11 is 1.76. The van der Waals surface area contributed by atoms with Crippen LogP contribution in [-0.2, 0) is 10.2 Å². The molecule has 0 aromatic rings. The SMILES string of the molecule is CSC1CCCCC1NS(=O)(=O)N(C)CCCN. The Morgan fingerprint density at radius 1 is 1.39 bits per heavy atom. The van der Waals surface area contributed by atoms with Crippen molar-refractivity contribution < 1.29 is 8.42 Å². The first kappa shape index (κ1) is 16.2. The molecule has 7 heteroatoms. The molecule has 1 rings (SSSR count). The molecule has 0 heterocycles. The maximum atomic E-state index is 12.1. The van der Waals surface area contributed by atoms with Crippen LogP contribution in [0.15, 0.2) is 0 Å². The summed E-state index contributed by atoms with van der Waals surface area (Å²) in [5, 5.41) is 0.399. The smallest absolute Gasteiger partial charge is 0.279 e. The maximum Gasteiger partial charge on any atom is 0.279 e. The molecule has 2 atom stereocenters. The van der Waals surface area contributed by atoms with Crippen LogP contribution >= 0.6 is 11.8 Å². The monoisotopic (exact) mass is 295 g/mol. The molecule has 1 aliphatic carbocycles. The van der Waals surface area contributed by atoms with Gasteiger partial charge in [-0.3, -0.25) is 0 Å². The van der Waals surface area contributed by atoms with Gasteiger partial charge in [-0.25, -0.2) is 0 Å². The Morgan fingerprint density at radius 3 is 2.67 bits per heavy atom. The topological polar surface area (TPSA) is 75.4 Å². The zero-order valence-electron chi connectivity index (χ0n) is 11.3. The van der Waals surface area contributed by atoms with Crippen molar-refractivity contribution in [1.29, 1.82) is 0 Å². The van der Waals surface area contributed by atoms with Crippen molar-refractivity contribution in [2.75, 3.05) is 26.4 Å². The second kappa shape index (κ2) is 7.69. The number of nitrogens with zero attached hydrogens (tertiary/aromatic N) is 1. The molecule has 2 unspecified atom stereocenters. The third-order valence-electron chi connectivity index (χ3n) is 3.39. The van der Waals surface area contributed by atoms with Gasteiger partial charge in [0.2, 0.25) is 0 Å². The van der Waals surface area contributed by atoms with E-state index >= 15 is 0 Å². The Bertz CT molecular complexity index is 335. The number of hydrogen-bond donors (Lipinski definition) is 2. The van der Waals surface area contributed by atoms with E-state index in [1.165, 1.54) is 10.7 Å². The van der Waals surface area contributed by atoms with Crippen LogP contribution in [-0.4, -0.2) is 50.4 Å². The van der Waals surface area contributed by atoms with Gasteiger partial charge in [-0.2, -0.15) is 29.2 Å². The normalized spacial score (nSPS) is 25.6. The first-order valence-corrected chi connectivity index (χ1v) is 9.20. The van der Waals surface area contributed by atoms with Crippen LogP contribution in [0, 0.1) is 0 Å². The van der Waals surface area contributed by atoms with Crippen LogP contribution < -0.4 is 10.5 Å². The zero-order valence-corrected chi connectivity index (χ0v) is 12.9. The highest BCUT2D eigenvalue weighted by molar-refractivity contribution is 7.99. The highest BCUT2D eigenvalue weighted by Crippen LogP contribution is 2.27. The summed E-state index contributed by atoms with van der Waals surface area (Å²) in [6, 6.07) is 0.0686. The van der Waals surface area contributed by atoms with E-state index in [4.69, 9.17) is 5.73 Å². The van der Waals surface area contributed by atoms with Crippen molar-refractivity contribution in [2.45, 2.75) is 43.4 Å². The summed E-state index contributed by atoms with van der Waals surface area (Å²) in [4.78, 5) is 0. The minimum Gasteiger partial charge on any atom is -0.330 e. The molecule has 1 aliphatic rings. The van der Waals surface area contributed by atoms with Crippen molar-refractivity contribution in [3.8, 4) is 0 Å². The number of thioether (sulfide) groups is 1. The first-order valence-electron chi connectivity index (χ1n) is 6.47. The lowest BCUT2D eigenvalue weighted by atomic mass is 9.96. The molecule has 0 spiro atoms. The van der Waals surface area contributed by atoms with E-state index in [0.717, 1.165) is 19.3 Å². The summed E-state index contributed by atoms with van der Waals surface area (Å²) in [5.41, 5.74) is 5.40. The van der Waals surface area contributed by atoms with Crippen molar-refractivity contribution >= 4 is 22.0 Å². The van der Waals surface area contributed by atoms with Gasteiger partial charge in [0.15, 0.2) is 0 Å². The molecule has 0 aromatic heterocycles. The second-order valence-electron chi connectivity index (χ2n) is 4.75. The van der Waals surface area contributed by atoms with Crippen LogP contribution in [0.4, 0.5) is 0 Å². The van der Waals surface area contributed by atoms with E-state index < -0.39 is 10.2 Å². The zero-order chi connectivity index (χ0) is 13.6. The highest BCUT2D eigenvalue weighted by Gasteiger charge is 2.29. The summed E-state index contributed by atoms with van der Waals surface area (Å²) in [5.74, 6) is 0. The Morgan fingerprint density at radius 2 is 2.06 bits per heavy atom. The molecule has 0 radical (unpaired) electrons. The molecular weight excluding hydrogens is 270 g/mol. The fourth-order valence-electron chi connectivity index (χ4n) is 2.23. The van der Waals surface area contributed by atoms with Gasteiger partial charge in [0.1, 0.15) is 0 Å². The third kappa shape index (κ3) is 4.70. The van der Waals surface area contributed by atoms with E-state index in [1.54, 1.807) is 18.8 Å². The minimum absolute atomic E-state index is 0.0686. The van der Waals surface area contributed by atoms with E-state index in [1.807, 2.05) is 0 Å². The van der Waals surface area contributed by atoms with E-state index in [2.05, 4.69) is 11.0 Å². The number of rotatable bonds is 7. The van der Waals surface area contributed by atoms with Gasteiger partial charge in [-0.1, -0.05) is 12.8 Å². The number of hydrogen-bond acceptors (Lipinski definition) is 4. The molecule has 0 aliphatic heterocycles. The van der Waals surface area contributed by atoms with Crippen molar-refractivity contribution in [1.82, 2.24) is 9.03 Å². The quantitative estimate of drug-likeness (QED) is 0.727. The molecule has 0 amide bonds. The van der Waals surface area contributed by atoms with E-state index in [0.29, 0.717) is 24.8 Å². The van der Waals surface area contributed by atoms with Gasteiger partial charge in [0.05, 0.1) is 0 Å². The Balaban J connectivity index is 2.57. The standard InChI is InChI=1S/C11H25N3O2S2/c1-14(9-5-8-12)18(15,16)13-10-6-3-4-7-11(10)17-2/h10-11,13H,3-9,12H2,1-2H3. The van der Waals surface area contributed by atoms with Gasteiger partial charge < -0.3 is 5.73 Å². The third-order valence-corrected chi connectivity index (χ3v) is 6.17.